The van der Waals surface area contributed by atoms with E-state index in [1.165, 1.54) is 19.1 Å². The van der Waals surface area contributed by atoms with E-state index in [-0.39, 0.29) is 11.3 Å². The van der Waals surface area contributed by atoms with Gasteiger partial charge in [-0.15, -0.1) is 0 Å². The summed E-state index contributed by atoms with van der Waals surface area (Å²) in [6, 6.07) is 6.26. The average Bonchev–Trinajstić information content (AvgIpc) is 2.16. The first kappa shape index (κ1) is 10.6. The van der Waals surface area contributed by atoms with Gasteiger partial charge in [0.1, 0.15) is 11.3 Å². The zero-order chi connectivity index (χ0) is 10.6. The summed E-state index contributed by atoms with van der Waals surface area (Å²) in [6.45, 7) is 1.25. The van der Waals surface area contributed by atoms with Crippen LogP contribution >= 0.6 is 12.9 Å². The number of thiol groups is 1. The summed E-state index contributed by atoms with van der Waals surface area (Å²) in [4.78, 5) is 21.8. The van der Waals surface area contributed by atoms with E-state index in [1.54, 1.807) is 12.1 Å². The summed E-state index contributed by atoms with van der Waals surface area (Å²) in [6.07, 6.45) is 0. The van der Waals surface area contributed by atoms with Crippen LogP contribution in [0.4, 0.5) is 0 Å². The van der Waals surface area contributed by atoms with Crippen LogP contribution in [0.1, 0.15) is 17.3 Å². The molecule has 0 bridgehead atoms. The molecule has 0 spiro atoms. The molecule has 0 radical (unpaired) electrons. The van der Waals surface area contributed by atoms with E-state index in [9.17, 15) is 9.59 Å². The third kappa shape index (κ3) is 2.50. The molecule has 0 aromatic heterocycles. The van der Waals surface area contributed by atoms with E-state index in [2.05, 4.69) is 17.1 Å². The Labute approximate surface area is 86.4 Å². The van der Waals surface area contributed by atoms with Gasteiger partial charge in [-0.05, 0) is 12.1 Å². The second-order valence-corrected chi connectivity index (χ2v) is 2.65. The van der Waals surface area contributed by atoms with Gasteiger partial charge in [-0.2, -0.15) is 0 Å². The summed E-state index contributed by atoms with van der Waals surface area (Å²) >= 11 is 3.37. The molecule has 1 aromatic rings. The Kier molecular flexibility index (Phi) is 3.53. The van der Waals surface area contributed by atoms with Gasteiger partial charge in [0.05, 0.1) is 0 Å². The second-order valence-electron chi connectivity index (χ2n) is 2.47. The fourth-order valence-corrected chi connectivity index (χ4v) is 1.03. The van der Waals surface area contributed by atoms with Crippen molar-refractivity contribution in [3.8, 4) is 5.75 Å². The number of para-hydroxylation sites is 1. The molecule has 0 aliphatic heterocycles. The summed E-state index contributed by atoms with van der Waals surface area (Å²) in [5, 5.41) is 0. The summed E-state index contributed by atoms with van der Waals surface area (Å²) < 4.78 is 9.02. The zero-order valence-corrected chi connectivity index (χ0v) is 8.28. The minimum absolute atomic E-state index is 0.165. The van der Waals surface area contributed by atoms with Crippen molar-refractivity contribution in [1.82, 2.24) is 0 Å². The third-order valence-electron chi connectivity index (χ3n) is 1.44. The maximum Gasteiger partial charge on any atom is 0.353 e. The molecule has 0 saturated carbocycles. The number of benzene rings is 1. The molecule has 5 heteroatoms. The van der Waals surface area contributed by atoms with Crippen LogP contribution in [0.15, 0.2) is 24.3 Å². The van der Waals surface area contributed by atoms with Crippen LogP contribution in [-0.4, -0.2) is 11.9 Å². The van der Waals surface area contributed by atoms with Gasteiger partial charge in [-0.25, -0.2) is 4.79 Å². The van der Waals surface area contributed by atoms with Gasteiger partial charge < -0.3 is 8.92 Å². The highest BCUT2D eigenvalue weighted by Gasteiger charge is 2.13. The molecule has 1 rings (SSSR count). The van der Waals surface area contributed by atoms with E-state index in [4.69, 9.17) is 4.74 Å². The van der Waals surface area contributed by atoms with Gasteiger partial charge in [-0.1, -0.05) is 12.1 Å². The Morgan fingerprint density at radius 2 is 1.93 bits per heavy atom. The highest BCUT2D eigenvalue weighted by atomic mass is 32.1. The van der Waals surface area contributed by atoms with E-state index < -0.39 is 11.9 Å². The lowest BCUT2D eigenvalue weighted by Crippen LogP contribution is -2.07. The Balaban J connectivity index is 3.02. The highest BCUT2D eigenvalue weighted by molar-refractivity contribution is 7.75. The van der Waals surface area contributed by atoms with Gasteiger partial charge >= 0.3 is 11.9 Å². The molecule has 0 unspecified atom stereocenters. The van der Waals surface area contributed by atoms with Crippen molar-refractivity contribution < 1.29 is 18.5 Å². The molecule has 0 saturated heterocycles. The number of carbonyl (C=O) groups excluding carboxylic acids is 2. The van der Waals surface area contributed by atoms with Gasteiger partial charge in [0.2, 0.25) is 0 Å². The van der Waals surface area contributed by atoms with Gasteiger partial charge in [0, 0.05) is 19.8 Å². The Bertz CT molecular complexity index is 362. The summed E-state index contributed by atoms with van der Waals surface area (Å²) in [5.74, 6) is -0.992. The molecule has 4 nitrogen and oxygen atoms in total. The first-order valence-corrected chi connectivity index (χ1v) is 4.15. The fraction of sp³-hybridized carbons (Fsp3) is 0.111. The first-order chi connectivity index (χ1) is 6.65. The lowest BCUT2D eigenvalue weighted by molar-refractivity contribution is -0.131. The molecule has 14 heavy (non-hydrogen) atoms. The topological polar surface area (TPSA) is 52.6 Å². The van der Waals surface area contributed by atoms with Crippen molar-refractivity contribution in [3.63, 3.8) is 0 Å². The van der Waals surface area contributed by atoms with E-state index in [1.807, 2.05) is 0 Å². The van der Waals surface area contributed by atoms with Crippen molar-refractivity contribution >= 4 is 24.8 Å². The molecule has 0 amide bonds. The van der Waals surface area contributed by atoms with Crippen molar-refractivity contribution in [3.05, 3.63) is 29.8 Å². The van der Waals surface area contributed by atoms with Gasteiger partial charge in [0.25, 0.3) is 0 Å². The molecular weight excluding hydrogens is 204 g/mol. The molecule has 1 aromatic carbocycles. The van der Waals surface area contributed by atoms with Crippen LogP contribution in [0.5, 0.6) is 5.75 Å². The predicted molar refractivity (Wildman–Crippen MR) is 52.2 cm³/mol. The standard InChI is InChI=1S/C9H8O4S/c1-6(10)12-8-5-3-2-4-7(8)9(11)13-14/h2-5,14H,1H3. The van der Waals surface area contributed by atoms with Crippen LogP contribution in [0, 0.1) is 0 Å². The maximum atomic E-state index is 11.1. The van der Waals surface area contributed by atoms with Crippen LogP contribution in [0.3, 0.4) is 0 Å². The molecule has 0 fully saturated rings. The highest BCUT2D eigenvalue weighted by Crippen LogP contribution is 2.19. The Morgan fingerprint density at radius 3 is 2.50 bits per heavy atom. The number of esters is 1. The Morgan fingerprint density at radius 1 is 1.29 bits per heavy atom. The van der Waals surface area contributed by atoms with Crippen LogP contribution < -0.4 is 4.74 Å². The van der Waals surface area contributed by atoms with E-state index >= 15 is 0 Å². The largest absolute Gasteiger partial charge is 0.426 e. The van der Waals surface area contributed by atoms with E-state index in [0.29, 0.717) is 0 Å². The van der Waals surface area contributed by atoms with Crippen molar-refractivity contribution in [1.29, 1.82) is 0 Å². The monoisotopic (exact) mass is 212 g/mol. The minimum Gasteiger partial charge on any atom is -0.426 e. The van der Waals surface area contributed by atoms with Crippen molar-refractivity contribution in [2.45, 2.75) is 6.92 Å². The maximum absolute atomic E-state index is 11.1. The van der Waals surface area contributed by atoms with E-state index in [0.717, 1.165) is 0 Å². The smallest absolute Gasteiger partial charge is 0.353 e. The van der Waals surface area contributed by atoms with Crippen molar-refractivity contribution in [2.75, 3.05) is 0 Å². The van der Waals surface area contributed by atoms with Crippen LogP contribution in [-0.2, 0) is 8.98 Å². The molecular formula is C9H8O4S. The molecule has 0 aliphatic carbocycles. The minimum atomic E-state index is -0.662. The molecule has 74 valence electrons. The first-order valence-electron chi connectivity index (χ1n) is 3.78. The molecule has 0 atom stereocenters. The fourth-order valence-electron chi connectivity index (χ4n) is 0.928. The number of carbonyl (C=O) groups is 2. The number of rotatable bonds is 2. The van der Waals surface area contributed by atoms with Crippen molar-refractivity contribution in [2.24, 2.45) is 0 Å². The number of hydrogen-bond donors (Lipinski definition) is 1. The lowest BCUT2D eigenvalue weighted by Gasteiger charge is -2.05. The molecule has 0 heterocycles. The molecule has 0 N–H and O–H groups in total. The number of hydrogen-bond acceptors (Lipinski definition) is 5. The average molecular weight is 212 g/mol. The Hall–Kier alpha value is -1.49. The van der Waals surface area contributed by atoms with Gasteiger partial charge in [0.15, 0.2) is 0 Å². The number of ether oxygens (including phenoxy) is 1. The SMILES string of the molecule is CC(=O)Oc1ccccc1C(=O)OS. The summed E-state index contributed by atoms with van der Waals surface area (Å²) in [5.41, 5.74) is 0.165. The molecule has 0 aliphatic rings. The quantitative estimate of drug-likeness (QED) is 0.350. The zero-order valence-electron chi connectivity index (χ0n) is 7.39. The van der Waals surface area contributed by atoms with Gasteiger partial charge in [-0.3, -0.25) is 4.79 Å². The third-order valence-corrected chi connectivity index (χ3v) is 1.61. The lowest BCUT2D eigenvalue weighted by atomic mass is 10.2. The van der Waals surface area contributed by atoms with Crippen LogP contribution in [0.2, 0.25) is 0 Å². The van der Waals surface area contributed by atoms with Crippen LogP contribution in [0.25, 0.3) is 0 Å². The second kappa shape index (κ2) is 4.66. The summed E-state index contributed by atoms with van der Waals surface area (Å²) in [7, 11) is 0. The normalized spacial score (nSPS) is 9.29. The predicted octanol–water partition coefficient (Wildman–Crippen LogP) is 1.61.